The molecular weight excluding hydrogens is 238 g/mol. The number of carbonyl (C=O) groups is 1. The van der Waals surface area contributed by atoms with Crippen LogP contribution in [-0.2, 0) is 0 Å². The van der Waals surface area contributed by atoms with E-state index in [1.165, 1.54) is 0 Å². The summed E-state index contributed by atoms with van der Waals surface area (Å²) in [6, 6.07) is 5.52. The molecule has 0 atom stereocenters. The van der Waals surface area contributed by atoms with Crippen molar-refractivity contribution < 1.29 is 4.79 Å². The highest BCUT2D eigenvalue weighted by Crippen LogP contribution is 2.18. The van der Waals surface area contributed by atoms with Crippen molar-refractivity contribution in [1.29, 1.82) is 0 Å². The van der Waals surface area contributed by atoms with Crippen LogP contribution in [0.25, 0.3) is 0 Å². The van der Waals surface area contributed by atoms with Crippen molar-refractivity contribution in [2.45, 2.75) is 6.92 Å². The minimum Gasteiger partial charge on any atom is -0.398 e. The molecule has 19 heavy (non-hydrogen) atoms. The minimum atomic E-state index is 0.0862. The van der Waals surface area contributed by atoms with Crippen LogP contribution in [0.3, 0.4) is 0 Å². The standard InChI is InChI=1S/C15H21N3O/c1-3-7-17-8-10-18(11-9-17)15(19)13-5-4-6-14(16)12(13)2/h3-6H,1,7-11,16H2,2H3. The van der Waals surface area contributed by atoms with Crippen LogP contribution >= 0.6 is 0 Å². The zero-order valence-electron chi connectivity index (χ0n) is 11.4. The van der Waals surface area contributed by atoms with Gasteiger partial charge in [0.25, 0.3) is 5.91 Å². The molecule has 1 aromatic carbocycles. The molecule has 1 fully saturated rings. The quantitative estimate of drug-likeness (QED) is 0.661. The van der Waals surface area contributed by atoms with E-state index in [9.17, 15) is 4.79 Å². The van der Waals surface area contributed by atoms with Gasteiger partial charge in [-0.1, -0.05) is 12.1 Å². The number of nitrogens with zero attached hydrogens (tertiary/aromatic N) is 2. The summed E-state index contributed by atoms with van der Waals surface area (Å²) in [5.74, 6) is 0.0862. The molecule has 102 valence electrons. The van der Waals surface area contributed by atoms with Crippen molar-refractivity contribution in [2.24, 2.45) is 0 Å². The first kappa shape index (κ1) is 13.6. The van der Waals surface area contributed by atoms with Gasteiger partial charge in [0.2, 0.25) is 0 Å². The zero-order valence-corrected chi connectivity index (χ0v) is 11.4. The molecule has 0 bridgehead atoms. The van der Waals surface area contributed by atoms with Crippen LogP contribution in [-0.4, -0.2) is 48.4 Å². The van der Waals surface area contributed by atoms with E-state index in [-0.39, 0.29) is 5.91 Å². The van der Waals surface area contributed by atoms with Crippen molar-refractivity contribution in [3.63, 3.8) is 0 Å². The third-order valence-electron chi connectivity index (χ3n) is 3.65. The third-order valence-corrected chi connectivity index (χ3v) is 3.65. The molecule has 1 amide bonds. The second-order valence-electron chi connectivity index (χ2n) is 4.90. The average Bonchev–Trinajstić information content (AvgIpc) is 2.42. The van der Waals surface area contributed by atoms with Gasteiger partial charge in [-0.05, 0) is 24.6 Å². The van der Waals surface area contributed by atoms with Gasteiger partial charge >= 0.3 is 0 Å². The summed E-state index contributed by atoms with van der Waals surface area (Å²) in [5, 5.41) is 0. The summed E-state index contributed by atoms with van der Waals surface area (Å²) in [5.41, 5.74) is 8.13. The SMILES string of the molecule is C=CCN1CCN(C(=O)c2cccc(N)c2C)CC1. The maximum absolute atomic E-state index is 12.5. The van der Waals surface area contributed by atoms with Gasteiger partial charge in [-0.3, -0.25) is 9.69 Å². The first-order chi connectivity index (χ1) is 9.13. The lowest BCUT2D eigenvalue weighted by Gasteiger charge is -2.34. The fourth-order valence-corrected chi connectivity index (χ4v) is 2.37. The Morgan fingerprint density at radius 2 is 2.05 bits per heavy atom. The molecule has 2 rings (SSSR count). The zero-order chi connectivity index (χ0) is 13.8. The molecule has 4 nitrogen and oxygen atoms in total. The Balaban J connectivity index is 2.05. The molecule has 0 unspecified atom stereocenters. The van der Waals surface area contributed by atoms with Gasteiger partial charge in [0.15, 0.2) is 0 Å². The van der Waals surface area contributed by atoms with Gasteiger partial charge < -0.3 is 10.6 Å². The lowest BCUT2D eigenvalue weighted by Crippen LogP contribution is -2.48. The van der Waals surface area contributed by atoms with Crippen molar-refractivity contribution >= 4 is 11.6 Å². The van der Waals surface area contributed by atoms with E-state index in [2.05, 4.69) is 11.5 Å². The molecule has 1 heterocycles. The highest BCUT2D eigenvalue weighted by atomic mass is 16.2. The van der Waals surface area contributed by atoms with Crippen LogP contribution in [0, 0.1) is 6.92 Å². The summed E-state index contributed by atoms with van der Waals surface area (Å²) in [7, 11) is 0. The van der Waals surface area contributed by atoms with E-state index in [4.69, 9.17) is 5.73 Å². The fourth-order valence-electron chi connectivity index (χ4n) is 2.37. The molecule has 1 aliphatic rings. The maximum Gasteiger partial charge on any atom is 0.254 e. The molecule has 0 radical (unpaired) electrons. The van der Waals surface area contributed by atoms with Crippen LogP contribution in [0.5, 0.6) is 0 Å². The summed E-state index contributed by atoms with van der Waals surface area (Å²) >= 11 is 0. The summed E-state index contributed by atoms with van der Waals surface area (Å²) in [4.78, 5) is 16.7. The van der Waals surface area contributed by atoms with E-state index in [0.717, 1.165) is 43.9 Å². The second kappa shape index (κ2) is 5.89. The first-order valence-electron chi connectivity index (χ1n) is 6.61. The van der Waals surface area contributed by atoms with Gasteiger partial charge in [0, 0.05) is 44.0 Å². The summed E-state index contributed by atoms with van der Waals surface area (Å²) in [6.07, 6.45) is 1.90. The smallest absolute Gasteiger partial charge is 0.254 e. The number of hydrogen-bond acceptors (Lipinski definition) is 3. The number of anilines is 1. The number of hydrogen-bond donors (Lipinski definition) is 1. The molecular formula is C15H21N3O. The van der Waals surface area contributed by atoms with Crippen molar-refractivity contribution in [2.75, 3.05) is 38.5 Å². The van der Waals surface area contributed by atoms with E-state index in [0.29, 0.717) is 5.69 Å². The van der Waals surface area contributed by atoms with Gasteiger partial charge in [0.1, 0.15) is 0 Å². The number of nitrogen functional groups attached to an aromatic ring is 1. The normalized spacial score (nSPS) is 16.4. The molecule has 4 heteroatoms. The number of carbonyl (C=O) groups excluding carboxylic acids is 1. The Bertz CT molecular complexity index is 476. The molecule has 0 aliphatic carbocycles. The van der Waals surface area contributed by atoms with Crippen LogP contribution < -0.4 is 5.73 Å². The topological polar surface area (TPSA) is 49.6 Å². The largest absolute Gasteiger partial charge is 0.398 e. The number of amides is 1. The fraction of sp³-hybridized carbons (Fsp3) is 0.400. The predicted octanol–water partition coefficient (Wildman–Crippen LogP) is 1.52. The van der Waals surface area contributed by atoms with Crippen LogP contribution in [0.15, 0.2) is 30.9 Å². The number of benzene rings is 1. The lowest BCUT2D eigenvalue weighted by atomic mass is 10.1. The average molecular weight is 259 g/mol. The lowest BCUT2D eigenvalue weighted by molar-refractivity contribution is 0.0649. The van der Waals surface area contributed by atoms with Crippen molar-refractivity contribution in [3.05, 3.63) is 42.0 Å². The van der Waals surface area contributed by atoms with Crippen LogP contribution in [0.4, 0.5) is 5.69 Å². The van der Waals surface area contributed by atoms with Crippen LogP contribution in [0.1, 0.15) is 15.9 Å². The predicted molar refractivity (Wildman–Crippen MR) is 78.1 cm³/mol. The van der Waals surface area contributed by atoms with Crippen LogP contribution in [0.2, 0.25) is 0 Å². The molecule has 0 saturated carbocycles. The van der Waals surface area contributed by atoms with E-state index < -0.39 is 0 Å². The van der Waals surface area contributed by atoms with Gasteiger partial charge in [-0.15, -0.1) is 6.58 Å². The number of nitrogens with two attached hydrogens (primary N) is 1. The third kappa shape index (κ3) is 2.96. The van der Waals surface area contributed by atoms with Gasteiger partial charge in [-0.25, -0.2) is 0 Å². The molecule has 1 aromatic rings. The maximum atomic E-state index is 12.5. The Hall–Kier alpha value is -1.81. The monoisotopic (exact) mass is 259 g/mol. The number of rotatable bonds is 3. The van der Waals surface area contributed by atoms with Gasteiger partial charge in [0.05, 0.1) is 0 Å². The highest BCUT2D eigenvalue weighted by Gasteiger charge is 2.22. The van der Waals surface area contributed by atoms with Crippen molar-refractivity contribution in [1.82, 2.24) is 9.80 Å². The van der Waals surface area contributed by atoms with Gasteiger partial charge in [-0.2, -0.15) is 0 Å². The molecule has 1 aliphatic heterocycles. The molecule has 2 N–H and O–H groups in total. The summed E-state index contributed by atoms with van der Waals surface area (Å²) < 4.78 is 0. The minimum absolute atomic E-state index is 0.0862. The molecule has 1 saturated heterocycles. The molecule has 0 aromatic heterocycles. The molecule has 0 spiro atoms. The van der Waals surface area contributed by atoms with E-state index >= 15 is 0 Å². The van der Waals surface area contributed by atoms with E-state index in [1.807, 2.05) is 36.1 Å². The summed E-state index contributed by atoms with van der Waals surface area (Å²) in [6.45, 7) is 9.86. The number of piperazine rings is 1. The van der Waals surface area contributed by atoms with Crippen molar-refractivity contribution in [3.8, 4) is 0 Å². The Kier molecular flexibility index (Phi) is 4.22. The Morgan fingerprint density at radius 3 is 2.68 bits per heavy atom. The Morgan fingerprint density at radius 1 is 1.37 bits per heavy atom. The Labute approximate surface area is 114 Å². The highest BCUT2D eigenvalue weighted by molar-refractivity contribution is 5.97. The van der Waals surface area contributed by atoms with E-state index in [1.54, 1.807) is 0 Å². The second-order valence-corrected chi connectivity index (χ2v) is 4.90. The first-order valence-corrected chi connectivity index (χ1v) is 6.61.